The topological polar surface area (TPSA) is 41.5 Å². The molecule has 1 aromatic rings. The number of hydrogen-bond donors (Lipinski definition) is 2. The van der Waals surface area contributed by atoms with E-state index in [0.717, 1.165) is 5.56 Å². The van der Waals surface area contributed by atoms with E-state index < -0.39 is 6.10 Å². The Hall–Kier alpha value is -1.13. The molecule has 1 rings (SSSR count). The molecule has 0 saturated heterocycles. The van der Waals surface area contributed by atoms with Crippen LogP contribution in [-0.2, 0) is 4.74 Å². The predicted octanol–water partition coefficient (Wildman–Crippen LogP) is 2.33. The average Bonchev–Trinajstić information content (AvgIpc) is 2.27. The molecular formula is C13H20FNO2. The Labute approximate surface area is 102 Å². The maximum absolute atomic E-state index is 13.4. The molecule has 96 valence electrons. The fraction of sp³-hybridized carbons (Fsp3) is 0.538. The van der Waals surface area contributed by atoms with Gasteiger partial charge in [0.2, 0.25) is 0 Å². The Balaban J connectivity index is 2.41. The van der Waals surface area contributed by atoms with Crippen molar-refractivity contribution in [3.05, 3.63) is 29.6 Å². The number of rotatable bonds is 6. The van der Waals surface area contributed by atoms with E-state index in [1.165, 1.54) is 6.07 Å². The summed E-state index contributed by atoms with van der Waals surface area (Å²) in [5, 5.41) is 12.5. The number of benzene rings is 1. The van der Waals surface area contributed by atoms with Crippen LogP contribution in [0.3, 0.4) is 0 Å². The van der Waals surface area contributed by atoms with Gasteiger partial charge in [-0.3, -0.25) is 0 Å². The normalized spacial score (nSPS) is 12.8. The standard InChI is InChI=1S/C13H20FNO2/c1-9(2)17-8-11(16)7-15-13-6-10(3)4-5-12(13)14/h4-6,9,11,15-16H,7-8H2,1-3H3. The highest BCUT2D eigenvalue weighted by Crippen LogP contribution is 2.15. The summed E-state index contributed by atoms with van der Waals surface area (Å²) in [6.07, 6.45) is -0.558. The Morgan fingerprint density at radius 1 is 1.41 bits per heavy atom. The van der Waals surface area contributed by atoms with E-state index >= 15 is 0 Å². The maximum atomic E-state index is 13.4. The second-order valence-corrected chi connectivity index (χ2v) is 4.40. The fourth-order valence-corrected chi connectivity index (χ4v) is 1.36. The number of nitrogens with one attached hydrogen (secondary N) is 1. The van der Waals surface area contributed by atoms with Crippen molar-refractivity contribution >= 4 is 5.69 Å². The zero-order chi connectivity index (χ0) is 12.8. The lowest BCUT2D eigenvalue weighted by Gasteiger charge is -2.15. The SMILES string of the molecule is Cc1ccc(F)c(NCC(O)COC(C)C)c1. The van der Waals surface area contributed by atoms with Gasteiger partial charge in [0.15, 0.2) is 0 Å². The van der Waals surface area contributed by atoms with Crippen molar-refractivity contribution in [1.82, 2.24) is 0 Å². The molecule has 0 radical (unpaired) electrons. The lowest BCUT2D eigenvalue weighted by molar-refractivity contribution is 0.0112. The molecule has 0 spiro atoms. The minimum absolute atomic E-state index is 0.0837. The van der Waals surface area contributed by atoms with Gasteiger partial charge in [-0.2, -0.15) is 0 Å². The smallest absolute Gasteiger partial charge is 0.146 e. The molecule has 0 aliphatic carbocycles. The van der Waals surface area contributed by atoms with E-state index in [1.807, 2.05) is 20.8 Å². The van der Waals surface area contributed by atoms with Crippen LogP contribution in [0, 0.1) is 12.7 Å². The number of aliphatic hydroxyl groups excluding tert-OH is 1. The zero-order valence-corrected chi connectivity index (χ0v) is 10.5. The lowest BCUT2D eigenvalue weighted by atomic mass is 10.2. The second kappa shape index (κ2) is 6.57. The predicted molar refractivity (Wildman–Crippen MR) is 66.7 cm³/mol. The molecule has 0 bridgehead atoms. The molecule has 0 saturated carbocycles. The minimum atomic E-state index is -0.641. The van der Waals surface area contributed by atoms with Gasteiger partial charge in [0, 0.05) is 6.54 Å². The quantitative estimate of drug-likeness (QED) is 0.803. The first-order valence-corrected chi connectivity index (χ1v) is 5.78. The van der Waals surface area contributed by atoms with Gasteiger partial charge in [-0.05, 0) is 38.5 Å². The summed E-state index contributed by atoms with van der Waals surface area (Å²) >= 11 is 0. The Bertz CT molecular complexity index is 355. The van der Waals surface area contributed by atoms with E-state index in [1.54, 1.807) is 12.1 Å². The van der Waals surface area contributed by atoms with Gasteiger partial charge >= 0.3 is 0 Å². The number of hydrogen-bond acceptors (Lipinski definition) is 3. The molecule has 3 nitrogen and oxygen atoms in total. The van der Waals surface area contributed by atoms with Crippen LogP contribution in [0.25, 0.3) is 0 Å². The summed E-state index contributed by atoms with van der Waals surface area (Å²) in [5.74, 6) is -0.312. The highest BCUT2D eigenvalue weighted by atomic mass is 19.1. The molecule has 4 heteroatoms. The van der Waals surface area contributed by atoms with Gasteiger partial charge in [-0.1, -0.05) is 6.07 Å². The van der Waals surface area contributed by atoms with Gasteiger partial charge in [-0.15, -0.1) is 0 Å². The first-order chi connectivity index (χ1) is 7.99. The average molecular weight is 241 g/mol. The second-order valence-electron chi connectivity index (χ2n) is 4.40. The summed E-state index contributed by atoms with van der Waals surface area (Å²) in [6, 6.07) is 4.83. The molecule has 0 aromatic heterocycles. The van der Waals surface area contributed by atoms with Crippen LogP contribution < -0.4 is 5.32 Å². The summed E-state index contributed by atoms with van der Waals surface area (Å²) in [6.45, 7) is 6.22. The first kappa shape index (κ1) is 13.9. The molecule has 0 aliphatic heterocycles. The maximum Gasteiger partial charge on any atom is 0.146 e. The number of ether oxygens (including phenoxy) is 1. The van der Waals surface area contributed by atoms with Gasteiger partial charge in [0.05, 0.1) is 24.5 Å². The van der Waals surface area contributed by atoms with Gasteiger partial charge < -0.3 is 15.2 Å². The van der Waals surface area contributed by atoms with Crippen LogP contribution in [0.1, 0.15) is 19.4 Å². The fourth-order valence-electron chi connectivity index (χ4n) is 1.36. The molecule has 1 aromatic carbocycles. The summed E-state index contributed by atoms with van der Waals surface area (Å²) in [7, 11) is 0. The Kier molecular flexibility index (Phi) is 5.38. The van der Waals surface area contributed by atoms with E-state index in [2.05, 4.69) is 5.32 Å². The number of aliphatic hydroxyl groups is 1. The summed E-state index contributed by atoms with van der Waals surface area (Å²) in [4.78, 5) is 0. The molecule has 2 N–H and O–H groups in total. The molecular weight excluding hydrogens is 221 g/mol. The highest BCUT2D eigenvalue weighted by Gasteiger charge is 2.07. The molecule has 0 aliphatic rings. The third kappa shape index (κ3) is 5.15. The van der Waals surface area contributed by atoms with Crippen molar-refractivity contribution in [3.8, 4) is 0 Å². The number of aryl methyl sites for hydroxylation is 1. The molecule has 0 fully saturated rings. The van der Waals surface area contributed by atoms with Crippen LogP contribution in [0.2, 0.25) is 0 Å². The molecule has 1 atom stereocenters. The van der Waals surface area contributed by atoms with Crippen LogP contribution in [-0.4, -0.2) is 30.5 Å². The third-order valence-electron chi connectivity index (χ3n) is 2.27. The van der Waals surface area contributed by atoms with Crippen LogP contribution in [0.15, 0.2) is 18.2 Å². The lowest BCUT2D eigenvalue weighted by Crippen LogP contribution is -2.26. The van der Waals surface area contributed by atoms with E-state index in [0.29, 0.717) is 5.69 Å². The zero-order valence-electron chi connectivity index (χ0n) is 10.5. The van der Waals surface area contributed by atoms with Crippen molar-refractivity contribution in [1.29, 1.82) is 0 Å². The Morgan fingerprint density at radius 3 is 2.76 bits per heavy atom. The monoisotopic (exact) mass is 241 g/mol. The van der Waals surface area contributed by atoms with Crippen molar-refractivity contribution < 1.29 is 14.2 Å². The van der Waals surface area contributed by atoms with Crippen molar-refractivity contribution in [2.45, 2.75) is 33.0 Å². The largest absolute Gasteiger partial charge is 0.389 e. The first-order valence-electron chi connectivity index (χ1n) is 5.78. The minimum Gasteiger partial charge on any atom is -0.389 e. The van der Waals surface area contributed by atoms with E-state index in [-0.39, 0.29) is 25.1 Å². The third-order valence-corrected chi connectivity index (χ3v) is 2.27. The van der Waals surface area contributed by atoms with Gasteiger partial charge in [-0.25, -0.2) is 4.39 Å². The Morgan fingerprint density at radius 2 is 2.12 bits per heavy atom. The van der Waals surface area contributed by atoms with Crippen LogP contribution in [0.4, 0.5) is 10.1 Å². The van der Waals surface area contributed by atoms with E-state index in [4.69, 9.17) is 4.74 Å². The highest BCUT2D eigenvalue weighted by molar-refractivity contribution is 5.47. The number of anilines is 1. The van der Waals surface area contributed by atoms with E-state index in [9.17, 15) is 9.50 Å². The van der Waals surface area contributed by atoms with Crippen LogP contribution in [0.5, 0.6) is 0 Å². The van der Waals surface area contributed by atoms with Gasteiger partial charge in [0.25, 0.3) is 0 Å². The molecule has 17 heavy (non-hydrogen) atoms. The molecule has 1 unspecified atom stereocenters. The molecule has 0 amide bonds. The van der Waals surface area contributed by atoms with Crippen LogP contribution >= 0.6 is 0 Å². The summed E-state index contributed by atoms with van der Waals surface area (Å²) in [5.41, 5.74) is 1.38. The summed E-state index contributed by atoms with van der Waals surface area (Å²) < 4.78 is 18.6. The van der Waals surface area contributed by atoms with Gasteiger partial charge in [0.1, 0.15) is 5.82 Å². The number of halogens is 1. The molecule has 0 heterocycles. The van der Waals surface area contributed by atoms with Crippen molar-refractivity contribution in [3.63, 3.8) is 0 Å². The van der Waals surface area contributed by atoms with Crippen molar-refractivity contribution in [2.24, 2.45) is 0 Å². The van der Waals surface area contributed by atoms with Crippen molar-refractivity contribution in [2.75, 3.05) is 18.5 Å².